The molecule has 2 rings (SSSR count). The molecule has 27 heavy (non-hydrogen) atoms. The van der Waals surface area contributed by atoms with Crippen molar-refractivity contribution in [2.45, 2.75) is 84.5 Å². The second kappa shape index (κ2) is 9.48. The first-order chi connectivity index (χ1) is 12.6. The van der Waals surface area contributed by atoms with Gasteiger partial charge in [-0.15, -0.1) is 0 Å². The number of nitrogens with one attached hydrogen (secondary N) is 2. The lowest BCUT2D eigenvalue weighted by molar-refractivity contribution is -0.182. The van der Waals surface area contributed by atoms with Crippen molar-refractivity contribution >= 4 is 5.96 Å². The summed E-state index contributed by atoms with van der Waals surface area (Å²) in [5.74, 6) is -0.0663. The molecule has 0 spiro atoms. The Morgan fingerprint density at radius 2 is 1.74 bits per heavy atom. The number of hydrogen-bond donors (Lipinski definition) is 2. The van der Waals surface area contributed by atoms with E-state index in [4.69, 9.17) is 9.73 Å². The molecule has 2 N–H and O–H groups in total. The lowest BCUT2D eigenvalue weighted by Crippen LogP contribution is -2.46. The number of ether oxygens (including phenoxy) is 1. The zero-order valence-corrected chi connectivity index (χ0v) is 17.2. The van der Waals surface area contributed by atoms with Gasteiger partial charge in [0.15, 0.2) is 5.96 Å². The van der Waals surface area contributed by atoms with E-state index in [9.17, 15) is 13.2 Å². The Labute approximate surface area is 161 Å². The van der Waals surface area contributed by atoms with Crippen LogP contribution in [0.2, 0.25) is 0 Å². The summed E-state index contributed by atoms with van der Waals surface area (Å²) < 4.78 is 44.6. The van der Waals surface area contributed by atoms with E-state index in [0.717, 1.165) is 26.0 Å². The molecule has 0 bridgehead atoms. The van der Waals surface area contributed by atoms with Crippen LogP contribution in [0.3, 0.4) is 0 Å². The Morgan fingerprint density at radius 3 is 2.30 bits per heavy atom. The van der Waals surface area contributed by atoms with Crippen LogP contribution in [0.5, 0.6) is 0 Å². The van der Waals surface area contributed by atoms with E-state index in [0.29, 0.717) is 31.3 Å². The Hall–Kier alpha value is -0.980. The maximum atomic E-state index is 12.8. The predicted octanol–water partition coefficient (Wildman–Crippen LogP) is 4.50. The molecule has 7 heteroatoms. The van der Waals surface area contributed by atoms with Gasteiger partial charge in [0, 0.05) is 31.7 Å². The largest absolute Gasteiger partial charge is 0.391 e. The Bertz CT molecular complexity index is 480. The van der Waals surface area contributed by atoms with Crippen molar-refractivity contribution in [1.82, 2.24) is 10.6 Å². The number of alkyl halides is 3. The van der Waals surface area contributed by atoms with Gasteiger partial charge in [0.25, 0.3) is 0 Å². The fourth-order valence-electron chi connectivity index (χ4n) is 4.27. The highest BCUT2D eigenvalue weighted by atomic mass is 19.4. The van der Waals surface area contributed by atoms with Crippen LogP contribution >= 0.6 is 0 Å². The summed E-state index contributed by atoms with van der Waals surface area (Å²) in [6, 6.07) is 0.0578. The summed E-state index contributed by atoms with van der Waals surface area (Å²) in [5, 5.41) is 6.59. The third-order valence-corrected chi connectivity index (χ3v) is 5.66. The third-order valence-electron chi connectivity index (χ3n) is 5.66. The summed E-state index contributed by atoms with van der Waals surface area (Å²) in [6.45, 7) is 10.8. The topological polar surface area (TPSA) is 45.7 Å². The molecule has 1 aliphatic heterocycles. The van der Waals surface area contributed by atoms with E-state index in [-0.39, 0.29) is 30.4 Å². The average molecular weight is 392 g/mol. The van der Waals surface area contributed by atoms with E-state index in [1.165, 1.54) is 0 Å². The molecule has 2 aliphatic rings. The number of nitrogens with zero attached hydrogens (tertiary/aromatic N) is 1. The smallest absolute Gasteiger partial charge is 0.377 e. The van der Waals surface area contributed by atoms with E-state index in [2.05, 4.69) is 31.4 Å². The lowest BCUT2D eigenvalue weighted by atomic mass is 9.78. The minimum absolute atomic E-state index is 0.0578. The number of rotatable bonds is 4. The van der Waals surface area contributed by atoms with Crippen LogP contribution < -0.4 is 10.6 Å². The van der Waals surface area contributed by atoms with Crippen molar-refractivity contribution in [2.24, 2.45) is 22.2 Å². The van der Waals surface area contributed by atoms with Crippen LogP contribution in [0.25, 0.3) is 0 Å². The molecule has 2 fully saturated rings. The number of hydrogen-bond acceptors (Lipinski definition) is 2. The zero-order valence-electron chi connectivity index (χ0n) is 17.2. The molecular formula is C20H36F3N3O. The summed E-state index contributed by atoms with van der Waals surface area (Å²) >= 11 is 0. The van der Waals surface area contributed by atoms with Crippen molar-refractivity contribution in [1.29, 1.82) is 0 Å². The van der Waals surface area contributed by atoms with E-state index < -0.39 is 12.1 Å². The van der Waals surface area contributed by atoms with Gasteiger partial charge in [-0.3, -0.25) is 4.99 Å². The van der Waals surface area contributed by atoms with Crippen LogP contribution in [0.15, 0.2) is 4.99 Å². The van der Waals surface area contributed by atoms with Crippen molar-refractivity contribution in [3.05, 3.63) is 0 Å². The van der Waals surface area contributed by atoms with Gasteiger partial charge in [0.2, 0.25) is 0 Å². The highest BCUT2D eigenvalue weighted by Crippen LogP contribution is 2.37. The van der Waals surface area contributed by atoms with Crippen molar-refractivity contribution in [3.8, 4) is 0 Å². The quantitative estimate of drug-likeness (QED) is 0.548. The average Bonchev–Trinajstić information content (AvgIpc) is 2.59. The van der Waals surface area contributed by atoms with Crippen LogP contribution in [0.4, 0.5) is 13.2 Å². The van der Waals surface area contributed by atoms with E-state index in [1.54, 1.807) is 0 Å². The molecule has 0 amide bonds. The Morgan fingerprint density at radius 1 is 1.07 bits per heavy atom. The first kappa shape index (κ1) is 22.3. The number of aliphatic imine (C=N–C) groups is 1. The van der Waals surface area contributed by atoms with E-state index >= 15 is 0 Å². The van der Waals surface area contributed by atoms with Crippen LogP contribution in [0.1, 0.15) is 66.2 Å². The molecule has 1 saturated heterocycles. The van der Waals surface area contributed by atoms with Crippen molar-refractivity contribution in [2.75, 3.05) is 19.7 Å². The SMILES string of the molecule is CCNC(=NCC1CCCOC1C(C)(C)C)NC1CCC(C(F)(F)F)CC1. The monoisotopic (exact) mass is 391 g/mol. The van der Waals surface area contributed by atoms with Gasteiger partial charge in [-0.05, 0) is 50.9 Å². The van der Waals surface area contributed by atoms with Gasteiger partial charge in [-0.1, -0.05) is 20.8 Å². The van der Waals surface area contributed by atoms with Gasteiger partial charge >= 0.3 is 6.18 Å². The van der Waals surface area contributed by atoms with Gasteiger partial charge in [-0.25, -0.2) is 0 Å². The molecule has 0 aromatic rings. The van der Waals surface area contributed by atoms with Crippen molar-refractivity contribution < 1.29 is 17.9 Å². The molecule has 4 nitrogen and oxygen atoms in total. The molecule has 1 aliphatic carbocycles. The van der Waals surface area contributed by atoms with Gasteiger partial charge < -0.3 is 15.4 Å². The second-order valence-corrected chi connectivity index (χ2v) is 9.01. The number of guanidine groups is 1. The van der Waals surface area contributed by atoms with Gasteiger partial charge in [0.1, 0.15) is 0 Å². The molecule has 2 atom stereocenters. The first-order valence-corrected chi connectivity index (χ1v) is 10.3. The fourth-order valence-corrected chi connectivity index (χ4v) is 4.27. The molecule has 0 aromatic heterocycles. The minimum Gasteiger partial charge on any atom is -0.377 e. The van der Waals surface area contributed by atoms with Crippen LogP contribution in [-0.4, -0.2) is 44.0 Å². The third kappa shape index (κ3) is 6.84. The van der Waals surface area contributed by atoms with Gasteiger partial charge in [-0.2, -0.15) is 13.2 Å². The fraction of sp³-hybridized carbons (Fsp3) is 0.950. The van der Waals surface area contributed by atoms with Crippen LogP contribution in [0, 0.1) is 17.3 Å². The maximum absolute atomic E-state index is 12.8. The van der Waals surface area contributed by atoms with Crippen LogP contribution in [-0.2, 0) is 4.74 Å². The highest BCUT2D eigenvalue weighted by Gasteiger charge is 2.41. The van der Waals surface area contributed by atoms with E-state index in [1.807, 2.05) is 6.92 Å². The maximum Gasteiger partial charge on any atom is 0.391 e. The standard InChI is InChI=1S/C20H36F3N3O/c1-5-24-18(26-16-10-8-15(9-11-16)20(21,22)23)25-13-14-7-6-12-27-17(14)19(2,3)4/h14-17H,5-13H2,1-4H3,(H2,24,25,26). The lowest BCUT2D eigenvalue weighted by Gasteiger charge is -2.39. The van der Waals surface area contributed by atoms with Crippen molar-refractivity contribution in [3.63, 3.8) is 0 Å². The Balaban J connectivity index is 1.92. The molecule has 0 radical (unpaired) electrons. The highest BCUT2D eigenvalue weighted by molar-refractivity contribution is 5.80. The summed E-state index contributed by atoms with van der Waals surface area (Å²) in [4.78, 5) is 4.75. The molecular weight excluding hydrogens is 355 g/mol. The minimum atomic E-state index is -4.06. The predicted molar refractivity (Wildman–Crippen MR) is 103 cm³/mol. The van der Waals surface area contributed by atoms with Gasteiger partial charge in [0.05, 0.1) is 12.0 Å². The summed E-state index contributed by atoms with van der Waals surface area (Å²) in [5.41, 5.74) is 0.0718. The molecule has 1 heterocycles. The second-order valence-electron chi connectivity index (χ2n) is 9.01. The molecule has 2 unspecified atom stereocenters. The first-order valence-electron chi connectivity index (χ1n) is 10.3. The molecule has 1 saturated carbocycles. The zero-order chi connectivity index (χ0) is 20.1. The summed E-state index contributed by atoms with van der Waals surface area (Å²) in [6.07, 6.45) is -0.268. The number of halogens is 3. The normalized spacial score (nSPS) is 30.9. The summed E-state index contributed by atoms with van der Waals surface area (Å²) in [7, 11) is 0. The molecule has 158 valence electrons. The molecule has 0 aromatic carbocycles. The Kier molecular flexibility index (Phi) is 7.83.